The smallest absolute Gasteiger partial charge is 0.223 e. The van der Waals surface area contributed by atoms with Gasteiger partial charge in [0.25, 0.3) is 0 Å². The molecule has 2 amide bonds. The van der Waals surface area contributed by atoms with E-state index in [-0.39, 0.29) is 17.9 Å². The van der Waals surface area contributed by atoms with Gasteiger partial charge in [-0.05, 0) is 18.8 Å². The predicted octanol–water partition coefficient (Wildman–Crippen LogP) is 2.09. The van der Waals surface area contributed by atoms with Gasteiger partial charge in [0.15, 0.2) is 5.82 Å². The Morgan fingerprint density at radius 2 is 2.12 bits per heavy atom. The molecule has 0 unspecified atom stereocenters. The summed E-state index contributed by atoms with van der Waals surface area (Å²) in [5, 5.41) is 0. The summed E-state index contributed by atoms with van der Waals surface area (Å²) in [4.78, 5) is 37.0. The van der Waals surface area contributed by atoms with Gasteiger partial charge in [-0.2, -0.15) is 0 Å². The predicted molar refractivity (Wildman–Crippen MR) is 90.0 cm³/mol. The lowest BCUT2D eigenvalue weighted by molar-refractivity contribution is -0.133. The molecule has 0 bridgehead atoms. The first-order chi connectivity index (χ1) is 11.5. The molecule has 0 aromatic carbocycles. The van der Waals surface area contributed by atoms with E-state index in [1.54, 1.807) is 6.92 Å². The first-order valence-electron chi connectivity index (χ1n) is 8.85. The van der Waals surface area contributed by atoms with Crippen LogP contribution in [0.3, 0.4) is 0 Å². The molecule has 1 atom stereocenters. The molecule has 3 rings (SSSR count). The van der Waals surface area contributed by atoms with Gasteiger partial charge in [-0.3, -0.25) is 9.59 Å². The van der Waals surface area contributed by atoms with Gasteiger partial charge in [0.05, 0.1) is 11.7 Å². The van der Waals surface area contributed by atoms with Crippen LogP contribution >= 0.6 is 0 Å². The largest absolute Gasteiger partial charge is 0.338 e. The standard InChI is InChI=1S/C18H26N4O2/c1-12(2)9-17(24)21-8-6-15-14(11-21)10-19-18(20-15)16-5-4-7-22(16)13(3)23/h10,12,16H,4-9,11H2,1-3H3/t16-/m0/s1. The van der Waals surface area contributed by atoms with Crippen molar-refractivity contribution in [3.05, 3.63) is 23.3 Å². The molecular weight excluding hydrogens is 304 g/mol. The van der Waals surface area contributed by atoms with Gasteiger partial charge in [0, 0.05) is 51.2 Å². The number of carbonyl (C=O) groups is 2. The number of amides is 2. The monoisotopic (exact) mass is 330 g/mol. The van der Waals surface area contributed by atoms with E-state index in [9.17, 15) is 9.59 Å². The Bertz CT molecular complexity index is 644. The molecule has 24 heavy (non-hydrogen) atoms. The van der Waals surface area contributed by atoms with E-state index in [1.807, 2.05) is 16.0 Å². The van der Waals surface area contributed by atoms with E-state index in [1.165, 1.54) is 0 Å². The molecule has 1 saturated heterocycles. The first-order valence-corrected chi connectivity index (χ1v) is 8.85. The average Bonchev–Trinajstić information content (AvgIpc) is 3.03. The van der Waals surface area contributed by atoms with Crippen LogP contribution < -0.4 is 0 Å². The number of hydrogen-bond donors (Lipinski definition) is 0. The van der Waals surface area contributed by atoms with Crippen molar-refractivity contribution in [3.8, 4) is 0 Å². The van der Waals surface area contributed by atoms with Crippen LogP contribution in [0, 0.1) is 5.92 Å². The van der Waals surface area contributed by atoms with Crippen molar-refractivity contribution in [1.82, 2.24) is 19.8 Å². The highest BCUT2D eigenvalue weighted by Crippen LogP contribution is 2.30. The summed E-state index contributed by atoms with van der Waals surface area (Å²) >= 11 is 0. The van der Waals surface area contributed by atoms with E-state index < -0.39 is 0 Å². The van der Waals surface area contributed by atoms with E-state index >= 15 is 0 Å². The topological polar surface area (TPSA) is 66.4 Å². The number of fused-ring (bicyclic) bond motifs is 1. The molecule has 6 nitrogen and oxygen atoms in total. The summed E-state index contributed by atoms with van der Waals surface area (Å²) in [5.74, 6) is 1.42. The highest BCUT2D eigenvalue weighted by Gasteiger charge is 2.31. The van der Waals surface area contributed by atoms with Gasteiger partial charge in [0.1, 0.15) is 0 Å². The third-order valence-corrected chi connectivity index (χ3v) is 4.84. The molecule has 0 spiro atoms. The lowest BCUT2D eigenvalue weighted by atomic mass is 10.0. The van der Waals surface area contributed by atoms with Gasteiger partial charge in [-0.25, -0.2) is 9.97 Å². The van der Waals surface area contributed by atoms with E-state index in [4.69, 9.17) is 4.98 Å². The van der Waals surface area contributed by atoms with Gasteiger partial charge in [0.2, 0.25) is 11.8 Å². The Kier molecular flexibility index (Phi) is 4.83. The average molecular weight is 330 g/mol. The van der Waals surface area contributed by atoms with Crippen LogP contribution in [-0.4, -0.2) is 44.7 Å². The summed E-state index contributed by atoms with van der Waals surface area (Å²) in [7, 11) is 0. The molecule has 1 aromatic rings. The second-order valence-electron chi connectivity index (χ2n) is 7.23. The van der Waals surface area contributed by atoms with E-state index in [0.717, 1.165) is 49.4 Å². The minimum Gasteiger partial charge on any atom is -0.338 e. The summed E-state index contributed by atoms with van der Waals surface area (Å²) in [6.45, 7) is 7.84. The zero-order valence-corrected chi connectivity index (χ0v) is 14.8. The maximum atomic E-state index is 12.3. The molecule has 2 aliphatic rings. The summed E-state index contributed by atoms with van der Waals surface area (Å²) in [6, 6.07) is 0.00778. The summed E-state index contributed by atoms with van der Waals surface area (Å²) in [6.07, 6.45) is 5.13. The molecule has 0 N–H and O–H groups in total. The molecule has 0 radical (unpaired) electrons. The Morgan fingerprint density at radius 3 is 2.83 bits per heavy atom. The quantitative estimate of drug-likeness (QED) is 0.851. The normalized spacial score (nSPS) is 20.4. The fraction of sp³-hybridized carbons (Fsp3) is 0.667. The van der Waals surface area contributed by atoms with Gasteiger partial charge in [-0.1, -0.05) is 13.8 Å². The highest BCUT2D eigenvalue weighted by molar-refractivity contribution is 5.76. The molecular formula is C18H26N4O2. The fourth-order valence-electron chi connectivity index (χ4n) is 3.60. The fourth-order valence-corrected chi connectivity index (χ4v) is 3.60. The van der Waals surface area contributed by atoms with Crippen LogP contribution in [0.4, 0.5) is 0 Å². The Hall–Kier alpha value is -1.98. The molecule has 1 aromatic heterocycles. The lowest BCUT2D eigenvalue weighted by Crippen LogP contribution is -2.37. The van der Waals surface area contributed by atoms with E-state index in [0.29, 0.717) is 18.9 Å². The van der Waals surface area contributed by atoms with Crippen LogP contribution in [-0.2, 0) is 22.6 Å². The Morgan fingerprint density at radius 1 is 1.33 bits per heavy atom. The zero-order chi connectivity index (χ0) is 17.3. The Balaban J connectivity index is 1.74. The highest BCUT2D eigenvalue weighted by atomic mass is 16.2. The number of aromatic nitrogens is 2. The van der Waals surface area contributed by atoms with Gasteiger partial charge >= 0.3 is 0 Å². The van der Waals surface area contributed by atoms with Crippen LogP contribution in [0.5, 0.6) is 0 Å². The van der Waals surface area contributed by atoms with Gasteiger partial charge < -0.3 is 9.80 Å². The SMILES string of the molecule is CC(=O)N1CCC[C@H]1c1ncc2c(n1)CCN(C(=O)CC(C)C)C2. The second kappa shape index (κ2) is 6.87. The molecule has 1 fully saturated rings. The number of carbonyl (C=O) groups excluding carboxylic acids is 2. The van der Waals surface area contributed by atoms with Crippen LogP contribution in [0.25, 0.3) is 0 Å². The number of likely N-dealkylation sites (tertiary alicyclic amines) is 1. The van der Waals surface area contributed by atoms with Crippen molar-refractivity contribution >= 4 is 11.8 Å². The molecule has 2 aliphatic heterocycles. The zero-order valence-electron chi connectivity index (χ0n) is 14.8. The first kappa shape index (κ1) is 16.9. The molecule has 130 valence electrons. The van der Waals surface area contributed by atoms with Crippen molar-refractivity contribution < 1.29 is 9.59 Å². The lowest BCUT2D eigenvalue weighted by Gasteiger charge is -2.29. The summed E-state index contributed by atoms with van der Waals surface area (Å²) in [5.41, 5.74) is 2.07. The molecule has 3 heterocycles. The van der Waals surface area contributed by atoms with Crippen molar-refractivity contribution in [2.45, 2.75) is 59.0 Å². The third kappa shape index (κ3) is 3.42. The number of nitrogens with zero attached hydrogens (tertiary/aromatic N) is 4. The van der Waals surface area contributed by atoms with Crippen molar-refractivity contribution in [3.63, 3.8) is 0 Å². The maximum absolute atomic E-state index is 12.3. The van der Waals surface area contributed by atoms with Crippen LogP contribution in [0.15, 0.2) is 6.20 Å². The van der Waals surface area contributed by atoms with Crippen molar-refractivity contribution in [1.29, 1.82) is 0 Å². The minimum atomic E-state index is 0.00778. The summed E-state index contributed by atoms with van der Waals surface area (Å²) < 4.78 is 0. The Labute approximate surface area is 143 Å². The number of rotatable bonds is 3. The number of hydrogen-bond acceptors (Lipinski definition) is 4. The van der Waals surface area contributed by atoms with E-state index in [2.05, 4.69) is 18.8 Å². The van der Waals surface area contributed by atoms with Crippen molar-refractivity contribution in [2.75, 3.05) is 13.1 Å². The minimum absolute atomic E-state index is 0.00778. The van der Waals surface area contributed by atoms with Crippen LogP contribution in [0.1, 0.15) is 63.2 Å². The maximum Gasteiger partial charge on any atom is 0.223 e. The molecule has 6 heteroatoms. The molecule has 0 saturated carbocycles. The third-order valence-electron chi connectivity index (χ3n) is 4.84. The molecule has 0 aliphatic carbocycles. The van der Waals surface area contributed by atoms with Gasteiger partial charge in [-0.15, -0.1) is 0 Å². The second-order valence-corrected chi connectivity index (χ2v) is 7.23. The van der Waals surface area contributed by atoms with Crippen molar-refractivity contribution in [2.24, 2.45) is 5.92 Å². The van der Waals surface area contributed by atoms with Crippen LogP contribution in [0.2, 0.25) is 0 Å².